The highest BCUT2D eigenvalue weighted by molar-refractivity contribution is 6.06. The fourth-order valence-corrected chi connectivity index (χ4v) is 4.21. The minimum atomic E-state index is -0.00945. The number of aryl methyl sites for hydroxylation is 1. The minimum absolute atomic E-state index is 0.00945. The average molecular weight is 365 g/mol. The van der Waals surface area contributed by atoms with Gasteiger partial charge in [-0.05, 0) is 31.7 Å². The highest BCUT2D eigenvalue weighted by Crippen LogP contribution is 2.37. The molecule has 1 N–H and O–H groups in total. The number of aromatic nitrogens is 4. The summed E-state index contributed by atoms with van der Waals surface area (Å²) in [5, 5.41) is 5.48. The molecule has 0 spiro atoms. The van der Waals surface area contributed by atoms with Gasteiger partial charge >= 0.3 is 5.69 Å². The van der Waals surface area contributed by atoms with E-state index >= 15 is 0 Å². The number of H-pyrrole nitrogens is 1. The summed E-state index contributed by atoms with van der Waals surface area (Å²) in [4.78, 5) is 30.5. The number of piperidine rings is 1. The zero-order chi connectivity index (χ0) is 18.5. The van der Waals surface area contributed by atoms with Crippen molar-refractivity contribution in [3.8, 4) is 0 Å². The van der Waals surface area contributed by atoms with Crippen LogP contribution < -0.4 is 5.69 Å². The van der Waals surface area contributed by atoms with Crippen molar-refractivity contribution in [1.82, 2.24) is 24.2 Å². The Bertz CT molecular complexity index is 1060. The normalized spacial score (nSPS) is 18.3. The topological polar surface area (TPSA) is 75.9 Å². The van der Waals surface area contributed by atoms with Crippen molar-refractivity contribution in [2.45, 2.75) is 37.6 Å². The van der Waals surface area contributed by atoms with E-state index in [0.717, 1.165) is 48.0 Å². The molecule has 27 heavy (non-hydrogen) atoms. The summed E-state index contributed by atoms with van der Waals surface area (Å²) < 4.78 is 3.35. The lowest BCUT2D eigenvalue weighted by Gasteiger charge is -2.31. The lowest BCUT2D eigenvalue weighted by Crippen LogP contribution is -2.38. The lowest BCUT2D eigenvalue weighted by atomic mass is 9.95. The molecule has 1 saturated heterocycles. The fraction of sp³-hybridized carbons (Fsp3) is 0.450. The van der Waals surface area contributed by atoms with E-state index in [1.165, 1.54) is 4.68 Å². The Hall–Kier alpha value is -2.83. The van der Waals surface area contributed by atoms with Crippen LogP contribution in [0.25, 0.3) is 10.9 Å². The molecular formula is C20H23N5O2. The number of hydrogen-bond acceptors (Lipinski definition) is 3. The zero-order valence-electron chi connectivity index (χ0n) is 15.4. The van der Waals surface area contributed by atoms with E-state index in [4.69, 9.17) is 0 Å². The number of fused-ring (bicyclic) bond motifs is 1. The standard InChI is InChI=1S/C20H23N5O2/c1-23-20(27)25(14-6-7-14)18(22-23)13-8-10-24(11-9-13)19(26)16-12-21-17-5-3-2-4-15(16)17/h2-5,12-14,21H,6-11H2,1H3. The Morgan fingerprint density at radius 1 is 1.15 bits per heavy atom. The molecule has 1 aliphatic carbocycles. The van der Waals surface area contributed by atoms with E-state index in [1.807, 2.05) is 39.9 Å². The number of para-hydroxylation sites is 1. The summed E-state index contributed by atoms with van der Waals surface area (Å²) in [6.45, 7) is 1.39. The van der Waals surface area contributed by atoms with Crippen LogP contribution in [-0.4, -0.2) is 43.2 Å². The molecule has 140 valence electrons. The molecule has 2 fully saturated rings. The van der Waals surface area contributed by atoms with E-state index in [0.29, 0.717) is 19.1 Å². The van der Waals surface area contributed by atoms with E-state index < -0.39 is 0 Å². The van der Waals surface area contributed by atoms with Crippen molar-refractivity contribution in [1.29, 1.82) is 0 Å². The molecule has 5 rings (SSSR count). The molecule has 0 bridgehead atoms. The minimum Gasteiger partial charge on any atom is -0.360 e. The molecule has 1 aromatic carbocycles. The number of carbonyl (C=O) groups is 1. The summed E-state index contributed by atoms with van der Waals surface area (Å²) >= 11 is 0. The van der Waals surface area contributed by atoms with Gasteiger partial charge in [0.2, 0.25) is 0 Å². The quantitative estimate of drug-likeness (QED) is 0.774. The number of benzene rings is 1. The van der Waals surface area contributed by atoms with Gasteiger partial charge < -0.3 is 9.88 Å². The van der Waals surface area contributed by atoms with Crippen molar-refractivity contribution >= 4 is 16.8 Å². The Morgan fingerprint density at radius 2 is 1.89 bits per heavy atom. The molecule has 2 aliphatic rings. The number of aromatic amines is 1. The molecule has 0 atom stereocenters. The molecule has 7 nitrogen and oxygen atoms in total. The maximum absolute atomic E-state index is 13.0. The van der Waals surface area contributed by atoms with Gasteiger partial charge in [-0.1, -0.05) is 18.2 Å². The van der Waals surface area contributed by atoms with Crippen LogP contribution in [-0.2, 0) is 7.05 Å². The van der Waals surface area contributed by atoms with Gasteiger partial charge in [0.25, 0.3) is 5.91 Å². The Labute approximate surface area is 156 Å². The van der Waals surface area contributed by atoms with Crippen LogP contribution in [0.3, 0.4) is 0 Å². The molecule has 0 radical (unpaired) electrons. The third-order valence-electron chi connectivity index (χ3n) is 5.86. The molecule has 3 heterocycles. The molecule has 0 unspecified atom stereocenters. The van der Waals surface area contributed by atoms with E-state index in [1.54, 1.807) is 7.05 Å². The van der Waals surface area contributed by atoms with Gasteiger partial charge in [0.05, 0.1) is 5.56 Å². The molecule has 1 saturated carbocycles. The first-order valence-electron chi connectivity index (χ1n) is 9.64. The fourth-order valence-electron chi connectivity index (χ4n) is 4.21. The first-order chi connectivity index (χ1) is 13.1. The Balaban J connectivity index is 1.34. The van der Waals surface area contributed by atoms with Crippen molar-refractivity contribution in [2.24, 2.45) is 7.05 Å². The van der Waals surface area contributed by atoms with Gasteiger partial charge in [-0.15, -0.1) is 0 Å². The maximum atomic E-state index is 13.0. The van der Waals surface area contributed by atoms with E-state index in [9.17, 15) is 9.59 Å². The first kappa shape index (κ1) is 16.4. The van der Waals surface area contributed by atoms with Crippen molar-refractivity contribution in [3.63, 3.8) is 0 Å². The summed E-state index contributed by atoms with van der Waals surface area (Å²) in [5.41, 5.74) is 1.71. The lowest BCUT2D eigenvalue weighted by molar-refractivity contribution is 0.0712. The summed E-state index contributed by atoms with van der Waals surface area (Å²) in [6, 6.07) is 8.21. The van der Waals surface area contributed by atoms with Crippen LogP contribution in [0.1, 0.15) is 53.8 Å². The number of likely N-dealkylation sites (tertiary alicyclic amines) is 1. The smallest absolute Gasteiger partial charge is 0.345 e. The van der Waals surface area contributed by atoms with Gasteiger partial charge in [0, 0.05) is 49.2 Å². The third-order valence-corrected chi connectivity index (χ3v) is 5.86. The summed E-state index contributed by atoms with van der Waals surface area (Å²) in [7, 11) is 1.72. The highest BCUT2D eigenvalue weighted by atomic mass is 16.2. The van der Waals surface area contributed by atoms with Crippen LogP contribution in [0.15, 0.2) is 35.3 Å². The maximum Gasteiger partial charge on any atom is 0.345 e. The van der Waals surface area contributed by atoms with E-state index in [2.05, 4.69) is 10.1 Å². The first-order valence-corrected chi connectivity index (χ1v) is 9.64. The SMILES string of the molecule is Cn1nc(C2CCN(C(=O)c3c[nH]c4ccccc34)CC2)n(C2CC2)c1=O. The second-order valence-electron chi connectivity index (χ2n) is 7.68. The van der Waals surface area contributed by atoms with Crippen LogP contribution in [0.2, 0.25) is 0 Å². The monoisotopic (exact) mass is 365 g/mol. The predicted octanol–water partition coefficient (Wildman–Crippen LogP) is 2.42. The van der Waals surface area contributed by atoms with Crippen LogP contribution in [0.5, 0.6) is 0 Å². The number of nitrogens with zero attached hydrogens (tertiary/aromatic N) is 4. The largest absolute Gasteiger partial charge is 0.360 e. The number of amides is 1. The van der Waals surface area contributed by atoms with Crippen LogP contribution in [0.4, 0.5) is 0 Å². The molecule has 7 heteroatoms. The number of nitrogens with one attached hydrogen (secondary N) is 1. The zero-order valence-corrected chi connectivity index (χ0v) is 15.4. The molecule has 3 aromatic rings. The summed E-state index contributed by atoms with van der Waals surface area (Å²) in [6.07, 6.45) is 5.63. The van der Waals surface area contributed by atoms with E-state index in [-0.39, 0.29) is 17.5 Å². The summed E-state index contributed by atoms with van der Waals surface area (Å²) in [5.74, 6) is 1.22. The van der Waals surface area contributed by atoms with Gasteiger partial charge in [-0.25, -0.2) is 9.48 Å². The Kier molecular flexibility index (Phi) is 3.70. The molecule has 1 amide bonds. The van der Waals surface area contributed by atoms with Crippen molar-refractivity contribution in [3.05, 3.63) is 52.3 Å². The number of hydrogen-bond donors (Lipinski definition) is 1. The van der Waals surface area contributed by atoms with Gasteiger partial charge in [0.1, 0.15) is 5.82 Å². The van der Waals surface area contributed by atoms with Gasteiger partial charge in [-0.3, -0.25) is 9.36 Å². The average Bonchev–Trinajstić information content (AvgIpc) is 3.37. The Morgan fingerprint density at radius 3 is 2.63 bits per heavy atom. The second kappa shape index (κ2) is 6.11. The number of rotatable bonds is 3. The van der Waals surface area contributed by atoms with Gasteiger partial charge in [-0.2, -0.15) is 5.10 Å². The van der Waals surface area contributed by atoms with Gasteiger partial charge in [0.15, 0.2) is 0 Å². The van der Waals surface area contributed by atoms with Crippen LogP contribution >= 0.6 is 0 Å². The van der Waals surface area contributed by atoms with Crippen molar-refractivity contribution < 1.29 is 4.79 Å². The van der Waals surface area contributed by atoms with Crippen LogP contribution in [0, 0.1) is 0 Å². The molecular weight excluding hydrogens is 342 g/mol. The number of carbonyl (C=O) groups excluding carboxylic acids is 1. The molecule has 1 aliphatic heterocycles. The highest BCUT2D eigenvalue weighted by Gasteiger charge is 2.34. The second-order valence-corrected chi connectivity index (χ2v) is 7.68. The third kappa shape index (κ3) is 2.69. The predicted molar refractivity (Wildman–Crippen MR) is 102 cm³/mol. The van der Waals surface area contributed by atoms with Crippen molar-refractivity contribution in [2.75, 3.05) is 13.1 Å². The molecule has 2 aromatic heterocycles.